The van der Waals surface area contributed by atoms with Crippen molar-refractivity contribution >= 4 is 0 Å². The van der Waals surface area contributed by atoms with Crippen LogP contribution < -0.4 is 10.1 Å². The van der Waals surface area contributed by atoms with Gasteiger partial charge in [0.05, 0.1) is 12.3 Å². The fourth-order valence-electron chi connectivity index (χ4n) is 1.69. The highest BCUT2D eigenvalue weighted by atomic mass is 16.5. The van der Waals surface area contributed by atoms with Gasteiger partial charge in [0.1, 0.15) is 5.75 Å². The molecule has 0 bridgehead atoms. The van der Waals surface area contributed by atoms with Crippen LogP contribution in [-0.4, -0.2) is 16.8 Å². The molecule has 1 aromatic heterocycles. The molecule has 1 N–H and O–H groups in total. The number of ether oxygens (including phenoxy) is 1. The van der Waals surface area contributed by atoms with Gasteiger partial charge in [0.25, 0.3) is 0 Å². The van der Waals surface area contributed by atoms with E-state index < -0.39 is 0 Å². The Kier molecular flexibility index (Phi) is 5.31. The number of benzene rings is 1. The van der Waals surface area contributed by atoms with E-state index in [1.54, 1.807) is 6.20 Å². The molecule has 0 fully saturated rings. The van der Waals surface area contributed by atoms with Crippen LogP contribution in [0, 0.1) is 0 Å². The number of rotatable bonds is 7. The molecule has 0 amide bonds. The Balaban J connectivity index is 1.77. The Hall–Kier alpha value is -1.94. The molecule has 0 saturated heterocycles. The van der Waals surface area contributed by atoms with Crippen molar-refractivity contribution in [3.63, 3.8) is 0 Å². The molecule has 0 spiro atoms. The first-order valence-corrected chi connectivity index (χ1v) is 6.57. The van der Waals surface area contributed by atoms with Crippen molar-refractivity contribution in [1.82, 2.24) is 15.5 Å². The van der Waals surface area contributed by atoms with Crippen LogP contribution in [0.1, 0.15) is 24.6 Å². The molecule has 1 heterocycles. The molecule has 0 atom stereocenters. The first-order chi connectivity index (χ1) is 9.38. The van der Waals surface area contributed by atoms with E-state index in [1.807, 2.05) is 24.3 Å². The number of hydrogen-bond donors (Lipinski definition) is 1. The summed E-state index contributed by atoms with van der Waals surface area (Å²) in [5.41, 5.74) is 2.18. The van der Waals surface area contributed by atoms with Crippen molar-refractivity contribution in [1.29, 1.82) is 0 Å². The van der Waals surface area contributed by atoms with Gasteiger partial charge in [-0.05, 0) is 36.2 Å². The lowest BCUT2D eigenvalue weighted by Crippen LogP contribution is -2.13. The van der Waals surface area contributed by atoms with E-state index in [1.165, 1.54) is 5.56 Å². The van der Waals surface area contributed by atoms with E-state index >= 15 is 0 Å². The van der Waals surface area contributed by atoms with Crippen molar-refractivity contribution in [2.75, 3.05) is 6.61 Å². The quantitative estimate of drug-likeness (QED) is 0.828. The second kappa shape index (κ2) is 7.48. The predicted molar refractivity (Wildman–Crippen MR) is 74.8 cm³/mol. The van der Waals surface area contributed by atoms with Gasteiger partial charge < -0.3 is 10.1 Å². The number of nitrogens with zero attached hydrogens (tertiary/aromatic N) is 2. The van der Waals surface area contributed by atoms with E-state index in [-0.39, 0.29) is 0 Å². The standard InChI is InChI=1S/C15H19N3O/c1-2-10-19-15-7-5-13(6-8-15)11-16-12-14-4-3-9-17-18-14/h3-9,16H,2,10-12H2,1H3. The fraction of sp³-hybridized carbons (Fsp3) is 0.333. The van der Waals surface area contributed by atoms with Crippen molar-refractivity contribution in [3.8, 4) is 5.75 Å². The van der Waals surface area contributed by atoms with Crippen LogP contribution in [0.3, 0.4) is 0 Å². The molecule has 2 aromatic rings. The Bertz CT molecular complexity index is 471. The summed E-state index contributed by atoms with van der Waals surface area (Å²) in [6.45, 7) is 4.40. The third-order valence-corrected chi connectivity index (χ3v) is 2.66. The van der Waals surface area contributed by atoms with Crippen LogP contribution in [0.4, 0.5) is 0 Å². The van der Waals surface area contributed by atoms with Gasteiger partial charge in [0.15, 0.2) is 0 Å². The fourth-order valence-corrected chi connectivity index (χ4v) is 1.69. The highest BCUT2D eigenvalue weighted by Gasteiger charge is 1.97. The second-order valence-electron chi connectivity index (χ2n) is 4.31. The number of aromatic nitrogens is 2. The molecule has 2 rings (SSSR count). The summed E-state index contributed by atoms with van der Waals surface area (Å²) in [6, 6.07) is 12.0. The molecule has 19 heavy (non-hydrogen) atoms. The average Bonchev–Trinajstić information content (AvgIpc) is 2.47. The summed E-state index contributed by atoms with van der Waals surface area (Å²) >= 11 is 0. The Morgan fingerprint density at radius 2 is 1.95 bits per heavy atom. The van der Waals surface area contributed by atoms with Crippen LogP contribution in [0.25, 0.3) is 0 Å². The van der Waals surface area contributed by atoms with Crippen molar-refractivity contribution in [3.05, 3.63) is 53.9 Å². The van der Waals surface area contributed by atoms with E-state index in [0.717, 1.165) is 37.6 Å². The van der Waals surface area contributed by atoms with Crippen LogP contribution in [0.15, 0.2) is 42.6 Å². The normalized spacial score (nSPS) is 10.4. The van der Waals surface area contributed by atoms with Crippen LogP contribution in [0.2, 0.25) is 0 Å². The van der Waals surface area contributed by atoms with Crippen LogP contribution >= 0.6 is 0 Å². The smallest absolute Gasteiger partial charge is 0.119 e. The Morgan fingerprint density at radius 3 is 2.63 bits per heavy atom. The summed E-state index contributed by atoms with van der Waals surface area (Å²) < 4.78 is 5.55. The largest absolute Gasteiger partial charge is 0.494 e. The van der Waals surface area contributed by atoms with Gasteiger partial charge in [-0.15, -0.1) is 0 Å². The SMILES string of the molecule is CCCOc1ccc(CNCc2cccnn2)cc1. The monoisotopic (exact) mass is 257 g/mol. The Morgan fingerprint density at radius 1 is 1.11 bits per heavy atom. The molecule has 0 saturated carbocycles. The van der Waals surface area contributed by atoms with Crippen LogP contribution in [-0.2, 0) is 13.1 Å². The number of nitrogens with one attached hydrogen (secondary N) is 1. The lowest BCUT2D eigenvalue weighted by molar-refractivity contribution is 0.317. The zero-order chi connectivity index (χ0) is 13.3. The average molecular weight is 257 g/mol. The lowest BCUT2D eigenvalue weighted by Gasteiger charge is -2.07. The summed E-state index contributed by atoms with van der Waals surface area (Å²) in [7, 11) is 0. The maximum absolute atomic E-state index is 5.55. The van der Waals surface area contributed by atoms with Gasteiger partial charge in [0.2, 0.25) is 0 Å². The van der Waals surface area contributed by atoms with Gasteiger partial charge in [-0.1, -0.05) is 19.1 Å². The molecule has 0 unspecified atom stereocenters. The first kappa shape index (κ1) is 13.5. The predicted octanol–water partition coefficient (Wildman–Crippen LogP) is 2.56. The third kappa shape index (κ3) is 4.67. The van der Waals surface area contributed by atoms with Crippen LogP contribution in [0.5, 0.6) is 5.75 Å². The molecule has 0 aliphatic carbocycles. The van der Waals surface area contributed by atoms with Crippen molar-refractivity contribution in [2.45, 2.75) is 26.4 Å². The number of hydrogen-bond acceptors (Lipinski definition) is 4. The maximum atomic E-state index is 5.55. The highest BCUT2D eigenvalue weighted by molar-refractivity contribution is 5.27. The van der Waals surface area contributed by atoms with Gasteiger partial charge >= 0.3 is 0 Å². The van der Waals surface area contributed by atoms with E-state index in [2.05, 4.69) is 34.6 Å². The van der Waals surface area contributed by atoms with E-state index in [9.17, 15) is 0 Å². The third-order valence-electron chi connectivity index (χ3n) is 2.66. The molecule has 100 valence electrons. The van der Waals surface area contributed by atoms with E-state index in [4.69, 9.17) is 4.74 Å². The van der Waals surface area contributed by atoms with Gasteiger partial charge in [-0.2, -0.15) is 10.2 Å². The minimum Gasteiger partial charge on any atom is -0.494 e. The molecule has 1 aromatic carbocycles. The summed E-state index contributed by atoms with van der Waals surface area (Å²) in [4.78, 5) is 0. The summed E-state index contributed by atoms with van der Waals surface area (Å²) in [6.07, 6.45) is 2.71. The minimum absolute atomic E-state index is 0.724. The second-order valence-corrected chi connectivity index (χ2v) is 4.31. The topological polar surface area (TPSA) is 47.0 Å². The van der Waals surface area contributed by atoms with Crippen molar-refractivity contribution < 1.29 is 4.74 Å². The molecule has 0 aliphatic rings. The lowest BCUT2D eigenvalue weighted by atomic mass is 10.2. The highest BCUT2D eigenvalue weighted by Crippen LogP contribution is 2.12. The minimum atomic E-state index is 0.724. The molecule has 4 nitrogen and oxygen atoms in total. The molecule has 0 aliphatic heterocycles. The molecule has 0 radical (unpaired) electrons. The van der Waals surface area contributed by atoms with Gasteiger partial charge in [-0.3, -0.25) is 0 Å². The molecular formula is C15H19N3O. The van der Waals surface area contributed by atoms with E-state index in [0.29, 0.717) is 0 Å². The van der Waals surface area contributed by atoms with Gasteiger partial charge in [0, 0.05) is 19.3 Å². The zero-order valence-corrected chi connectivity index (χ0v) is 11.2. The first-order valence-electron chi connectivity index (χ1n) is 6.57. The summed E-state index contributed by atoms with van der Waals surface area (Å²) in [5.74, 6) is 0.930. The maximum Gasteiger partial charge on any atom is 0.119 e. The zero-order valence-electron chi connectivity index (χ0n) is 11.2. The Labute approximate surface area is 113 Å². The van der Waals surface area contributed by atoms with Gasteiger partial charge in [-0.25, -0.2) is 0 Å². The molecule has 4 heteroatoms. The molecular weight excluding hydrogens is 238 g/mol. The summed E-state index contributed by atoms with van der Waals surface area (Å²) in [5, 5.41) is 11.2. The van der Waals surface area contributed by atoms with Crippen molar-refractivity contribution in [2.24, 2.45) is 0 Å².